The molecule has 2 nitrogen and oxygen atoms in total. The Balaban J connectivity index is 2.93. The van der Waals surface area contributed by atoms with Crippen LogP contribution in [0.3, 0.4) is 0 Å². The molecule has 1 unspecified atom stereocenters. The Morgan fingerprint density at radius 3 is 2.90 bits per heavy atom. The number of nitrogens with zero attached hydrogens (tertiary/aromatic N) is 2. The van der Waals surface area contributed by atoms with E-state index in [1.54, 1.807) is 4.45 Å². The number of benzene rings is 1. The minimum absolute atomic E-state index is 1.15. The standard InChI is InChI=1S/C7H7N2P/c10-9-7-4-2-1-3-6(7)5-8-9/h1-5H,10H2. The number of para-hydroxylation sites is 1. The summed E-state index contributed by atoms with van der Waals surface area (Å²) in [7, 11) is 2.54. The smallest absolute Gasteiger partial charge is 0.0717 e. The maximum absolute atomic E-state index is 4.08. The summed E-state index contributed by atoms with van der Waals surface area (Å²) in [6, 6.07) is 8.09. The van der Waals surface area contributed by atoms with E-state index in [4.69, 9.17) is 0 Å². The van der Waals surface area contributed by atoms with Gasteiger partial charge in [-0.3, -0.25) is 4.45 Å². The van der Waals surface area contributed by atoms with E-state index >= 15 is 0 Å². The first-order valence-corrected chi connectivity index (χ1v) is 3.57. The number of hydrogen-bond acceptors (Lipinski definition) is 1. The third-order valence-corrected chi connectivity index (χ3v) is 1.92. The first-order chi connectivity index (χ1) is 4.88. The summed E-state index contributed by atoms with van der Waals surface area (Å²) in [4.78, 5) is 0. The Bertz CT molecular complexity index is 353. The second-order valence-corrected chi connectivity index (χ2v) is 2.64. The highest BCUT2D eigenvalue weighted by molar-refractivity contribution is 7.14. The monoisotopic (exact) mass is 150 g/mol. The van der Waals surface area contributed by atoms with Gasteiger partial charge in [0.25, 0.3) is 0 Å². The Morgan fingerprint density at radius 1 is 1.30 bits per heavy atom. The normalized spacial score (nSPS) is 10.5. The van der Waals surface area contributed by atoms with Gasteiger partial charge in [-0.1, -0.05) is 18.2 Å². The van der Waals surface area contributed by atoms with Crippen LogP contribution in [0.5, 0.6) is 0 Å². The van der Waals surface area contributed by atoms with Crippen LogP contribution in [0.25, 0.3) is 10.9 Å². The zero-order chi connectivity index (χ0) is 6.97. The molecular formula is C7H7N2P. The minimum atomic E-state index is 1.15. The fourth-order valence-corrected chi connectivity index (χ4v) is 1.29. The van der Waals surface area contributed by atoms with Gasteiger partial charge in [0.2, 0.25) is 0 Å². The van der Waals surface area contributed by atoms with Crippen molar-refractivity contribution in [2.24, 2.45) is 0 Å². The van der Waals surface area contributed by atoms with Crippen LogP contribution in [-0.4, -0.2) is 9.55 Å². The molecule has 1 heterocycles. The van der Waals surface area contributed by atoms with E-state index in [0.717, 1.165) is 5.52 Å². The molecule has 50 valence electrons. The third kappa shape index (κ3) is 0.729. The van der Waals surface area contributed by atoms with Crippen molar-refractivity contribution < 1.29 is 0 Å². The van der Waals surface area contributed by atoms with Gasteiger partial charge in [0, 0.05) is 5.39 Å². The molecule has 0 saturated heterocycles. The maximum Gasteiger partial charge on any atom is 0.0717 e. The van der Waals surface area contributed by atoms with Gasteiger partial charge in [-0.15, -0.1) is 0 Å². The zero-order valence-corrected chi connectivity index (χ0v) is 6.51. The van der Waals surface area contributed by atoms with Crippen LogP contribution >= 0.6 is 9.39 Å². The quantitative estimate of drug-likeness (QED) is 0.522. The van der Waals surface area contributed by atoms with Crippen molar-refractivity contribution in [2.75, 3.05) is 0 Å². The summed E-state index contributed by atoms with van der Waals surface area (Å²) in [5, 5.41) is 5.25. The van der Waals surface area contributed by atoms with Gasteiger partial charge in [-0.05, 0) is 15.5 Å². The summed E-state index contributed by atoms with van der Waals surface area (Å²) in [6.45, 7) is 0. The fraction of sp³-hybridized carbons (Fsp3) is 0. The highest BCUT2D eigenvalue weighted by Gasteiger charge is 1.93. The highest BCUT2D eigenvalue weighted by Crippen LogP contribution is 2.13. The molecule has 1 aromatic heterocycles. The SMILES string of the molecule is Pn1ncc2ccccc21. The molecule has 0 N–H and O–H groups in total. The molecule has 2 aromatic rings. The highest BCUT2D eigenvalue weighted by atomic mass is 31.0. The summed E-state index contributed by atoms with van der Waals surface area (Å²) >= 11 is 0. The Morgan fingerprint density at radius 2 is 2.10 bits per heavy atom. The first kappa shape index (κ1) is 5.87. The van der Waals surface area contributed by atoms with E-state index in [1.165, 1.54) is 5.39 Å². The number of rotatable bonds is 0. The molecule has 10 heavy (non-hydrogen) atoms. The second kappa shape index (κ2) is 2.06. The average Bonchev–Trinajstić information content (AvgIpc) is 2.34. The lowest BCUT2D eigenvalue weighted by Gasteiger charge is -1.89. The molecule has 0 saturated carbocycles. The summed E-state index contributed by atoms with van der Waals surface area (Å²) < 4.78 is 1.79. The molecule has 0 radical (unpaired) electrons. The van der Waals surface area contributed by atoms with E-state index in [1.807, 2.05) is 30.5 Å². The lowest BCUT2D eigenvalue weighted by Crippen LogP contribution is -1.77. The van der Waals surface area contributed by atoms with Gasteiger partial charge >= 0.3 is 0 Å². The summed E-state index contributed by atoms with van der Waals surface area (Å²) in [5.41, 5.74) is 1.15. The molecule has 0 spiro atoms. The van der Waals surface area contributed by atoms with Crippen molar-refractivity contribution in [2.45, 2.75) is 0 Å². The Labute approximate surface area is 61.1 Å². The second-order valence-electron chi connectivity index (χ2n) is 2.15. The first-order valence-electron chi connectivity index (χ1n) is 3.06. The van der Waals surface area contributed by atoms with Gasteiger partial charge < -0.3 is 0 Å². The lowest BCUT2D eigenvalue weighted by molar-refractivity contribution is 1.04. The van der Waals surface area contributed by atoms with Crippen molar-refractivity contribution in [1.29, 1.82) is 0 Å². The fourth-order valence-electron chi connectivity index (χ4n) is 0.992. The summed E-state index contributed by atoms with van der Waals surface area (Å²) in [6.07, 6.45) is 1.85. The molecule has 1 atom stereocenters. The molecule has 0 aliphatic carbocycles. The van der Waals surface area contributed by atoms with Crippen molar-refractivity contribution >= 4 is 20.3 Å². The lowest BCUT2D eigenvalue weighted by atomic mass is 10.3. The predicted octanol–water partition coefficient (Wildman–Crippen LogP) is 1.67. The maximum atomic E-state index is 4.08. The molecule has 3 heteroatoms. The molecule has 0 fully saturated rings. The zero-order valence-electron chi connectivity index (χ0n) is 5.36. The van der Waals surface area contributed by atoms with Crippen LogP contribution in [0.2, 0.25) is 0 Å². The van der Waals surface area contributed by atoms with E-state index < -0.39 is 0 Å². The third-order valence-electron chi connectivity index (χ3n) is 1.50. The van der Waals surface area contributed by atoms with Gasteiger partial charge in [0.1, 0.15) is 0 Å². The van der Waals surface area contributed by atoms with Crippen molar-refractivity contribution in [3.8, 4) is 0 Å². The molecule has 0 bridgehead atoms. The minimum Gasteiger partial charge on any atom is -0.251 e. The van der Waals surface area contributed by atoms with Crippen LogP contribution in [0.4, 0.5) is 0 Å². The number of hydrogen-bond donors (Lipinski definition) is 0. The van der Waals surface area contributed by atoms with Gasteiger partial charge in [0.15, 0.2) is 0 Å². The Hall–Kier alpha value is -0.880. The molecule has 0 amide bonds. The molecule has 0 aliphatic heterocycles. The number of aromatic nitrogens is 2. The Kier molecular flexibility index (Phi) is 1.21. The van der Waals surface area contributed by atoms with Gasteiger partial charge in [-0.25, -0.2) is 0 Å². The van der Waals surface area contributed by atoms with Crippen LogP contribution in [0, 0.1) is 0 Å². The van der Waals surface area contributed by atoms with Crippen LogP contribution in [-0.2, 0) is 0 Å². The van der Waals surface area contributed by atoms with Crippen LogP contribution in [0.1, 0.15) is 0 Å². The van der Waals surface area contributed by atoms with Crippen molar-refractivity contribution in [1.82, 2.24) is 9.55 Å². The molecule has 2 rings (SSSR count). The van der Waals surface area contributed by atoms with Crippen LogP contribution < -0.4 is 0 Å². The van der Waals surface area contributed by atoms with E-state index in [0.29, 0.717) is 0 Å². The predicted molar refractivity (Wildman–Crippen MR) is 44.8 cm³/mol. The molecule has 1 aromatic carbocycles. The van der Waals surface area contributed by atoms with E-state index in [9.17, 15) is 0 Å². The molecule has 0 aliphatic rings. The van der Waals surface area contributed by atoms with Crippen molar-refractivity contribution in [3.63, 3.8) is 0 Å². The van der Waals surface area contributed by atoms with Gasteiger partial charge in [0.05, 0.1) is 11.7 Å². The van der Waals surface area contributed by atoms with Crippen LogP contribution in [0.15, 0.2) is 30.5 Å². The summed E-state index contributed by atoms with van der Waals surface area (Å²) in [5.74, 6) is 0. The van der Waals surface area contributed by atoms with Gasteiger partial charge in [-0.2, -0.15) is 5.10 Å². The topological polar surface area (TPSA) is 17.8 Å². The average molecular weight is 150 g/mol. The van der Waals surface area contributed by atoms with E-state index in [-0.39, 0.29) is 0 Å². The van der Waals surface area contributed by atoms with E-state index in [2.05, 4.69) is 14.5 Å². The molecular weight excluding hydrogens is 143 g/mol. The largest absolute Gasteiger partial charge is 0.251 e. The number of fused-ring (bicyclic) bond motifs is 1. The van der Waals surface area contributed by atoms with Crippen molar-refractivity contribution in [3.05, 3.63) is 30.5 Å².